The van der Waals surface area contributed by atoms with E-state index in [1.54, 1.807) is 19.0 Å². The van der Waals surface area contributed by atoms with Gasteiger partial charge < -0.3 is 14.9 Å². The minimum atomic E-state index is -0.866. The molecule has 1 N–H and O–H groups in total. The quantitative estimate of drug-likeness (QED) is 0.843. The third kappa shape index (κ3) is 4.99. The van der Waals surface area contributed by atoms with Gasteiger partial charge in [-0.05, 0) is 19.1 Å². The fraction of sp³-hybridized carbons (Fsp3) is 0.429. The van der Waals surface area contributed by atoms with Crippen molar-refractivity contribution in [3.8, 4) is 0 Å². The fourth-order valence-electron chi connectivity index (χ4n) is 1.59. The highest BCUT2D eigenvalue weighted by Gasteiger charge is 2.14. The van der Waals surface area contributed by atoms with Crippen molar-refractivity contribution in [2.45, 2.75) is 13.3 Å². The molecule has 0 spiro atoms. The Labute approximate surface area is 113 Å². The first-order valence-electron chi connectivity index (χ1n) is 6.13. The van der Waals surface area contributed by atoms with Crippen molar-refractivity contribution in [1.29, 1.82) is 0 Å². The molecule has 1 aromatic carbocycles. The summed E-state index contributed by atoms with van der Waals surface area (Å²) in [4.78, 5) is 25.8. The number of aryl methyl sites for hydroxylation is 1. The average Bonchev–Trinajstić information content (AvgIpc) is 2.35. The smallest absolute Gasteiger partial charge is 0.305 e. The molecule has 1 rings (SSSR count). The number of amides is 1. The third-order valence-electron chi connectivity index (χ3n) is 2.82. The molecule has 0 saturated carbocycles. The van der Waals surface area contributed by atoms with E-state index in [1.807, 2.05) is 31.2 Å². The predicted octanol–water partition coefficient (Wildman–Crippen LogP) is 1.36. The lowest BCUT2D eigenvalue weighted by Gasteiger charge is -2.25. The molecule has 104 valence electrons. The molecular formula is C14H20N2O3. The molecule has 0 aromatic heterocycles. The van der Waals surface area contributed by atoms with Gasteiger partial charge in [-0.3, -0.25) is 9.59 Å². The second-order valence-electron chi connectivity index (χ2n) is 4.69. The molecule has 1 amide bonds. The summed E-state index contributed by atoms with van der Waals surface area (Å²) in [5.41, 5.74) is 1.99. The van der Waals surface area contributed by atoms with Crippen LogP contribution in [0.5, 0.6) is 0 Å². The lowest BCUT2D eigenvalue weighted by molar-refractivity contribution is -0.137. The minimum absolute atomic E-state index is 0.00852. The van der Waals surface area contributed by atoms with Crippen LogP contribution in [0.2, 0.25) is 0 Å². The number of carbonyl (C=O) groups excluding carboxylic acids is 1. The zero-order valence-electron chi connectivity index (χ0n) is 11.6. The molecule has 0 bridgehead atoms. The maximum atomic E-state index is 11.8. The Morgan fingerprint density at radius 3 is 2.21 bits per heavy atom. The van der Waals surface area contributed by atoms with Crippen LogP contribution in [0.4, 0.5) is 5.69 Å². The van der Waals surface area contributed by atoms with Gasteiger partial charge in [-0.2, -0.15) is 0 Å². The van der Waals surface area contributed by atoms with Crippen molar-refractivity contribution in [2.75, 3.05) is 32.1 Å². The molecule has 0 heterocycles. The van der Waals surface area contributed by atoms with Crippen LogP contribution in [0.1, 0.15) is 12.0 Å². The van der Waals surface area contributed by atoms with Gasteiger partial charge in [-0.1, -0.05) is 17.7 Å². The van der Waals surface area contributed by atoms with Crippen LogP contribution in [0.25, 0.3) is 0 Å². The van der Waals surface area contributed by atoms with Crippen molar-refractivity contribution in [1.82, 2.24) is 4.90 Å². The number of anilines is 1. The Morgan fingerprint density at radius 2 is 1.74 bits per heavy atom. The van der Waals surface area contributed by atoms with Crippen molar-refractivity contribution in [3.05, 3.63) is 29.8 Å². The van der Waals surface area contributed by atoms with Gasteiger partial charge in [0.1, 0.15) is 0 Å². The van der Waals surface area contributed by atoms with E-state index in [-0.39, 0.29) is 18.9 Å². The summed E-state index contributed by atoms with van der Waals surface area (Å²) >= 11 is 0. The Morgan fingerprint density at radius 1 is 1.16 bits per heavy atom. The minimum Gasteiger partial charge on any atom is -0.481 e. The van der Waals surface area contributed by atoms with Gasteiger partial charge in [0.05, 0.1) is 13.0 Å². The lowest BCUT2D eigenvalue weighted by Crippen LogP contribution is -2.37. The molecule has 0 radical (unpaired) electrons. The molecule has 5 nitrogen and oxygen atoms in total. The van der Waals surface area contributed by atoms with Crippen LogP contribution >= 0.6 is 0 Å². The number of hydrogen-bond acceptors (Lipinski definition) is 3. The summed E-state index contributed by atoms with van der Waals surface area (Å²) in [6, 6.07) is 7.70. The number of hydrogen-bond donors (Lipinski definition) is 1. The maximum Gasteiger partial charge on any atom is 0.305 e. The van der Waals surface area contributed by atoms with E-state index < -0.39 is 5.97 Å². The number of carbonyl (C=O) groups is 2. The van der Waals surface area contributed by atoms with Crippen molar-refractivity contribution < 1.29 is 14.7 Å². The van der Waals surface area contributed by atoms with Gasteiger partial charge >= 0.3 is 5.97 Å². The Hall–Kier alpha value is -2.04. The average molecular weight is 264 g/mol. The number of carboxylic acid groups (broad SMARTS) is 1. The molecule has 0 saturated heterocycles. The monoisotopic (exact) mass is 264 g/mol. The summed E-state index contributed by atoms with van der Waals surface area (Å²) in [6.45, 7) is 2.48. The highest BCUT2D eigenvalue weighted by molar-refractivity contribution is 5.81. The van der Waals surface area contributed by atoms with E-state index in [9.17, 15) is 9.59 Å². The topological polar surface area (TPSA) is 60.9 Å². The number of benzene rings is 1. The second kappa shape index (κ2) is 6.78. The molecule has 0 aliphatic rings. The predicted molar refractivity (Wildman–Crippen MR) is 74.3 cm³/mol. The first-order valence-corrected chi connectivity index (χ1v) is 6.13. The molecule has 0 aliphatic carbocycles. The van der Waals surface area contributed by atoms with Gasteiger partial charge in [0.2, 0.25) is 5.91 Å². The van der Waals surface area contributed by atoms with Gasteiger partial charge in [0.25, 0.3) is 0 Å². The molecule has 5 heteroatoms. The zero-order chi connectivity index (χ0) is 14.4. The van der Waals surface area contributed by atoms with Crippen LogP contribution < -0.4 is 4.90 Å². The van der Waals surface area contributed by atoms with Crippen LogP contribution in [0.15, 0.2) is 24.3 Å². The molecule has 1 aromatic rings. The normalized spacial score (nSPS) is 10.1. The first kappa shape index (κ1) is 15.0. The molecule has 0 fully saturated rings. The standard InChI is InChI=1S/C14H20N2O3/c1-11-4-6-12(7-5-11)16(9-8-14(18)19)10-13(17)15(2)3/h4-7H,8-10H2,1-3H3,(H,18,19). The number of rotatable bonds is 6. The summed E-state index contributed by atoms with van der Waals surface area (Å²) in [7, 11) is 3.37. The van der Waals surface area contributed by atoms with Crippen molar-refractivity contribution in [3.63, 3.8) is 0 Å². The van der Waals surface area contributed by atoms with E-state index in [0.29, 0.717) is 6.54 Å². The summed E-state index contributed by atoms with van der Waals surface area (Å²) in [5, 5.41) is 8.77. The Bertz CT molecular complexity index is 441. The Kier molecular flexibility index (Phi) is 5.36. The molecule has 19 heavy (non-hydrogen) atoms. The van der Waals surface area contributed by atoms with Crippen LogP contribution in [0.3, 0.4) is 0 Å². The number of carboxylic acids is 1. The lowest BCUT2D eigenvalue weighted by atomic mass is 10.2. The second-order valence-corrected chi connectivity index (χ2v) is 4.69. The highest BCUT2D eigenvalue weighted by atomic mass is 16.4. The number of nitrogens with zero attached hydrogens (tertiary/aromatic N) is 2. The molecule has 0 atom stereocenters. The van der Waals surface area contributed by atoms with E-state index in [0.717, 1.165) is 11.3 Å². The first-order chi connectivity index (χ1) is 8.90. The van der Waals surface area contributed by atoms with E-state index in [1.165, 1.54) is 4.90 Å². The molecule has 0 unspecified atom stereocenters. The van der Waals surface area contributed by atoms with Gasteiger partial charge in [0, 0.05) is 26.3 Å². The van der Waals surface area contributed by atoms with Gasteiger partial charge in [-0.25, -0.2) is 0 Å². The summed E-state index contributed by atoms with van der Waals surface area (Å²) in [5.74, 6) is -0.916. The number of likely N-dealkylation sites (N-methyl/N-ethyl adjacent to an activating group) is 1. The van der Waals surface area contributed by atoms with Crippen molar-refractivity contribution in [2.24, 2.45) is 0 Å². The SMILES string of the molecule is Cc1ccc(N(CCC(=O)O)CC(=O)N(C)C)cc1. The number of aliphatic carboxylic acids is 1. The van der Waals surface area contributed by atoms with Crippen molar-refractivity contribution >= 4 is 17.6 Å². The maximum absolute atomic E-state index is 11.8. The highest BCUT2D eigenvalue weighted by Crippen LogP contribution is 2.15. The van der Waals surface area contributed by atoms with Gasteiger partial charge in [-0.15, -0.1) is 0 Å². The van der Waals surface area contributed by atoms with Crippen LogP contribution in [-0.2, 0) is 9.59 Å². The van der Waals surface area contributed by atoms with Crippen LogP contribution in [0, 0.1) is 6.92 Å². The zero-order valence-corrected chi connectivity index (χ0v) is 11.6. The van der Waals surface area contributed by atoms with Crippen LogP contribution in [-0.4, -0.2) is 49.1 Å². The van der Waals surface area contributed by atoms with Gasteiger partial charge in [0.15, 0.2) is 0 Å². The molecular weight excluding hydrogens is 244 g/mol. The summed E-state index contributed by atoms with van der Waals surface area (Å²) < 4.78 is 0. The fourth-order valence-corrected chi connectivity index (χ4v) is 1.59. The third-order valence-corrected chi connectivity index (χ3v) is 2.82. The summed E-state index contributed by atoms with van der Waals surface area (Å²) in [6.07, 6.45) is 0.00852. The van der Waals surface area contributed by atoms with E-state index in [4.69, 9.17) is 5.11 Å². The molecule has 0 aliphatic heterocycles. The Balaban J connectivity index is 2.81. The largest absolute Gasteiger partial charge is 0.481 e. The van der Waals surface area contributed by atoms with E-state index >= 15 is 0 Å². The van der Waals surface area contributed by atoms with E-state index in [2.05, 4.69) is 0 Å².